The molecule has 2 rings (SSSR count). The summed E-state index contributed by atoms with van der Waals surface area (Å²) in [5.74, 6) is -0.464. The molecule has 0 saturated carbocycles. The number of rotatable bonds is 5. The molecular formula is C15H19NO4. The minimum absolute atomic E-state index is 0.0158. The molecule has 0 spiro atoms. The van der Waals surface area contributed by atoms with Gasteiger partial charge in [-0.3, -0.25) is 9.59 Å². The summed E-state index contributed by atoms with van der Waals surface area (Å²) in [6.07, 6.45) is 0.850. The van der Waals surface area contributed by atoms with E-state index in [1.165, 1.54) is 0 Å². The minimum Gasteiger partial charge on any atom is -0.494 e. The maximum Gasteiger partial charge on any atom is 0.308 e. The third-order valence-electron chi connectivity index (χ3n) is 3.48. The van der Waals surface area contributed by atoms with Crippen LogP contribution in [0.25, 0.3) is 0 Å². The highest BCUT2D eigenvalue weighted by molar-refractivity contribution is 5.80. The van der Waals surface area contributed by atoms with Crippen molar-refractivity contribution >= 4 is 11.9 Å². The van der Waals surface area contributed by atoms with Crippen molar-refractivity contribution in [2.45, 2.75) is 19.8 Å². The Bertz CT molecular complexity index is 483. The normalized spacial score (nSPS) is 18.1. The lowest BCUT2D eigenvalue weighted by Crippen LogP contribution is -2.31. The highest BCUT2D eigenvalue weighted by Crippen LogP contribution is 2.18. The third kappa shape index (κ3) is 3.50. The maximum absolute atomic E-state index is 12.1. The van der Waals surface area contributed by atoms with Crippen LogP contribution in [0, 0.1) is 5.92 Å². The molecule has 1 atom stereocenters. The Labute approximate surface area is 118 Å². The second-order valence-corrected chi connectivity index (χ2v) is 4.92. The van der Waals surface area contributed by atoms with Gasteiger partial charge in [-0.15, -0.1) is 0 Å². The number of ether oxygens (including phenoxy) is 1. The molecule has 5 heteroatoms. The lowest BCUT2D eigenvalue weighted by Gasteiger charge is -2.15. The van der Waals surface area contributed by atoms with Crippen LogP contribution in [0.4, 0.5) is 0 Å². The lowest BCUT2D eigenvalue weighted by atomic mass is 10.1. The second kappa shape index (κ2) is 6.41. The van der Waals surface area contributed by atoms with Gasteiger partial charge in [0.2, 0.25) is 5.91 Å². The zero-order valence-corrected chi connectivity index (χ0v) is 11.5. The number of hydrogen-bond donors (Lipinski definition) is 1. The van der Waals surface area contributed by atoms with Gasteiger partial charge < -0.3 is 14.7 Å². The van der Waals surface area contributed by atoms with Gasteiger partial charge in [0.1, 0.15) is 5.75 Å². The van der Waals surface area contributed by atoms with Crippen LogP contribution in [0.5, 0.6) is 5.75 Å². The topological polar surface area (TPSA) is 66.8 Å². The molecule has 1 unspecified atom stereocenters. The fraction of sp³-hybridized carbons (Fsp3) is 0.467. The van der Waals surface area contributed by atoms with Crippen LogP contribution in [0.1, 0.15) is 18.9 Å². The molecule has 1 saturated heterocycles. The monoisotopic (exact) mass is 277 g/mol. The highest BCUT2D eigenvalue weighted by atomic mass is 16.5. The van der Waals surface area contributed by atoms with E-state index < -0.39 is 11.9 Å². The zero-order chi connectivity index (χ0) is 14.5. The first-order valence-electron chi connectivity index (χ1n) is 6.82. The summed E-state index contributed by atoms with van der Waals surface area (Å²) in [4.78, 5) is 24.6. The van der Waals surface area contributed by atoms with E-state index in [-0.39, 0.29) is 5.91 Å². The van der Waals surface area contributed by atoms with E-state index in [9.17, 15) is 9.59 Å². The number of likely N-dealkylation sites (tertiary alicyclic amines) is 1. The highest BCUT2D eigenvalue weighted by Gasteiger charge is 2.30. The Morgan fingerprint density at radius 2 is 2.05 bits per heavy atom. The van der Waals surface area contributed by atoms with Gasteiger partial charge in [0.15, 0.2) is 0 Å². The summed E-state index contributed by atoms with van der Waals surface area (Å²) in [7, 11) is 0. The molecule has 1 aromatic carbocycles. The van der Waals surface area contributed by atoms with E-state index in [4.69, 9.17) is 9.84 Å². The van der Waals surface area contributed by atoms with Gasteiger partial charge in [-0.1, -0.05) is 12.1 Å². The van der Waals surface area contributed by atoms with Gasteiger partial charge in [0, 0.05) is 13.1 Å². The Hall–Kier alpha value is -2.04. The van der Waals surface area contributed by atoms with Gasteiger partial charge in [-0.05, 0) is 31.0 Å². The third-order valence-corrected chi connectivity index (χ3v) is 3.48. The lowest BCUT2D eigenvalue weighted by molar-refractivity contribution is -0.141. The van der Waals surface area contributed by atoms with Crippen LogP contribution in [0.3, 0.4) is 0 Å². The summed E-state index contributed by atoms with van der Waals surface area (Å²) in [6.45, 7) is 3.39. The summed E-state index contributed by atoms with van der Waals surface area (Å²) >= 11 is 0. The van der Waals surface area contributed by atoms with Crippen molar-refractivity contribution in [3.05, 3.63) is 29.8 Å². The molecule has 1 heterocycles. The van der Waals surface area contributed by atoms with Gasteiger partial charge in [0.05, 0.1) is 18.9 Å². The van der Waals surface area contributed by atoms with Gasteiger partial charge in [-0.2, -0.15) is 0 Å². The molecule has 1 amide bonds. The molecule has 0 aromatic heterocycles. The Morgan fingerprint density at radius 1 is 1.35 bits per heavy atom. The van der Waals surface area contributed by atoms with Crippen LogP contribution >= 0.6 is 0 Å². The largest absolute Gasteiger partial charge is 0.494 e. The fourth-order valence-electron chi connectivity index (χ4n) is 2.34. The Balaban J connectivity index is 1.90. The van der Waals surface area contributed by atoms with Crippen LogP contribution in [-0.2, 0) is 16.0 Å². The van der Waals surface area contributed by atoms with Crippen LogP contribution in [-0.4, -0.2) is 41.6 Å². The average Bonchev–Trinajstić information content (AvgIpc) is 2.91. The average molecular weight is 277 g/mol. The van der Waals surface area contributed by atoms with Crippen molar-refractivity contribution in [2.24, 2.45) is 5.92 Å². The van der Waals surface area contributed by atoms with Crippen LogP contribution in [0.15, 0.2) is 24.3 Å². The fourth-order valence-corrected chi connectivity index (χ4v) is 2.34. The molecular weight excluding hydrogens is 258 g/mol. The number of amides is 1. The van der Waals surface area contributed by atoms with E-state index in [2.05, 4.69) is 0 Å². The minimum atomic E-state index is -0.818. The summed E-state index contributed by atoms with van der Waals surface area (Å²) in [6, 6.07) is 7.42. The number of nitrogens with zero attached hydrogens (tertiary/aromatic N) is 1. The van der Waals surface area contributed by atoms with E-state index >= 15 is 0 Å². The molecule has 20 heavy (non-hydrogen) atoms. The first-order chi connectivity index (χ1) is 9.60. The van der Waals surface area contributed by atoms with Crippen LogP contribution in [0.2, 0.25) is 0 Å². The molecule has 5 nitrogen and oxygen atoms in total. The zero-order valence-electron chi connectivity index (χ0n) is 11.5. The maximum atomic E-state index is 12.1. The number of aliphatic carboxylic acids is 1. The molecule has 1 fully saturated rings. The number of carboxylic acid groups (broad SMARTS) is 1. The molecule has 1 aliphatic heterocycles. The second-order valence-electron chi connectivity index (χ2n) is 4.92. The van der Waals surface area contributed by atoms with Gasteiger partial charge >= 0.3 is 5.97 Å². The number of carbonyl (C=O) groups is 2. The Morgan fingerprint density at radius 3 is 2.60 bits per heavy atom. The number of carboxylic acids is 1. The van der Waals surface area contributed by atoms with Crippen molar-refractivity contribution in [3.63, 3.8) is 0 Å². The van der Waals surface area contributed by atoms with E-state index in [1.807, 2.05) is 31.2 Å². The van der Waals surface area contributed by atoms with Crippen molar-refractivity contribution in [2.75, 3.05) is 19.7 Å². The summed E-state index contributed by atoms with van der Waals surface area (Å²) in [5, 5.41) is 8.93. The number of benzene rings is 1. The predicted molar refractivity (Wildman–Crippen MR) is 73.6 cm³/mol. The number of carbonyl (C=O) groups excluding carboxylic acids is 1. The van der Waals surface area contributed by atoms with Crippen molar-refractivity contribution in [1.29, 1.82) is 0 Å². The molecule has 1 N–H and O–H groups in total. The molecule has 1 aromatic rings. The van der Waals surface area contributed by atoms with E-state index in [1.54, 1.807) is 4.90 Å². The molecule has 0 aliphatic carbocycles. The standard InChI is InChI=1S/C15H19NO4/c1-2-20-13-5-3-11(4-6-13)9-14(17)16-8-7-12(10-16)15(18)19/h3-6,12H,2,7-10H2,1H3,(H,18,19). The molecule has 0 radical (unpaired) electrons. The van der Waals surface area contributed by atoms with Crippen LogP contribution < -0.4 is 4.74 Å². The smallest absolute Gasteiger partial charge is 0.308 e. The van der Waals surface area contributed by atoms with E-state index in [0.717, 1.165) is 11.3 Å². The first kappa shape index (κ1) is 14.4. The quantitative estimate of drug-likeness (QED) is 0.887. The Kier molecular flexibility index (Phi) is 4.61. The molecule has 108 valence electrons. The van der Waals surface area contributed by atoms with Gasteiger partial charge in [-0.25, -0.2) is 0 Å². The molecule has 0 bridgehead atoms. The predicted octanol–water partition coefficient (Wildman–Crippen LogP) is 1.56. The summed E-state index contributed by atoms with van der Waals surface area (Å²) < 4.78 is 5.35. The SMILES string of the molecule is CCOc1ccc(CC(=O)N2CCC(C(=O)O)C2)cc1. The van der Waals surface area contributed by atoms with Crippen molar-refractivity contribution < 1.29 is 19.4 Å². The summed E-state index contributed by atoms with van der Waals surface area (Å²) in [5.41, 5.74) is 0.914. The van der Waals surface area contributed by atoms with Crippen molar-refractivity contribution in [1.82, 2.24) is 4.90 Å². The number of hydrogen-bond acceptors (Lipinski definition) is 3. The van der Waals surface area contributed by atoms with E-state index in [0.29, 0.717) is 32.5 Å². The van der Waals surface area contributed by atoms with Crippen molar-refractivity contribution in [3.8, 4) is 5.75 Å². The molecule has 1 aliphatic rings. The van der Waals surface area contributed by atoms with Gasteiger partial charge in [0.25, 0.3) is 0 Å². The first-order valence-corrected chi connectivity index (χ1v) is 6.82.